The van der Waals surface area contributed by atoms with E-state index in [0.717, 1.165) is 31.2 Å². The second-order valence-corrected chi connectivity index (χ2v) is 5.76. The molecule has 22 heavy (non-hydrogen) atoms. The number of amides is 1. The molecule has 0 radical (unpaired) electrons. The maximum Gasteiger partial charge on any atom is 0.235 e. The van der Waals surface area contributed by atoms with E-state index in [9.17, 15) is 13.6 Å². The fourth-order valence-corrected chi connectivity index (χ4v) is 3.18. The monoisotopic (exact) mass is 301 g/mol. The lowest BCUT2D eigenvalue weighted by Crippen LogP contribution is -2.38. The Hall–Kier alpha value is -2.23. The summed E-state index contributed by atoms with van der Waals surface area (Å²) in [6.07, 6.45) is 3.42. The topological polar surface area (TPSA) is 29.1 Å². The fourth-order valence-electron chi connectivity index (χ4n) is 3.18. The second kappa shape index (κ2) is 5.87. The van der Waals surface area contributed by atoms with Gasteiger partial charge in [-0.05, 0) is 54.8 Å². The van der Waals surface area contributed by atoms with Crippen LogP contribution in [0.3, 0.4) is 0 Å². The molecule has 1 amide bonds. The fraction of sp³-hybridized carbons (Fsp3) is 0.278. The highest BCUT2D eigenvalue weighted by Gasteiger charge is 2.42. The molecule has 1 saturated carbocycles. The van der Waals surface area contributed by atoms with Crippen LogP contribution in [0.4, 0.5) is 14.5 Å². The maximum absolute atomic E-state index is 13.1. The quantitative estimate of drug-likeness (QED) is 0.893. The lowest BCUT2D eigenvalue weighted by molar-refractivity contribution is -0.121. The normalized spacial score (nSPS) is 16.5. The Morgan fingerprint density at radius 3 is 1.91 bits per heavy atom. The van der Waals surface area contributed by atoms with Crippen molar-refractivity contribution in [3.05, 3.63) is 65.7 Å². The molecule has 114 valence electrons. The molecule has 0 unspecified atom stereocenters. The van der Waals surface area contributed by atoms with Gasteiger partial charge in [0.2, 0.25) is 5.91 Å². The van der Waals surface area contributed by atoms with E-state index in [1.807, 2.05) is 0 Å². The van der Waals surface area contributed by atoms with E-state index in [0.29, 0.717) is 5.69 Å². The van der Waals surface area contributed by atoms with Crippen molar-refractivity contribution in [2.75, 3.05) is 5.32 Å². The third-order valence-electron chi connectivity index (χ3n) is 4.39. The minimum absolute atomic E-state index is 0.108. The molecule has 1 aliphatic rings. The van der Waals surface area contributed by atoms with Gasteiger partial charge in [0.25, 0.3) is 0 Å². The van der Waals surface area contributed by atoms with E-state index in [2.05, 4.69) is 5.32 Å². The van der Waals surface area contributed by atoms with Gasteiger partial charge in [-0.1, -0.05) is 25.0 Å². The van der Waals surface area contributed by atoms with Gasteiger partial charge >= 0.3 is 0 Å². The van der Waals surface area contributed by atoms with Gasteiger partial charge in [-0.25, -0.2) is 8.78 Å². The molecule has 0 aliphatic heterocycles. The van der Waals surface area contributed by atoms with Crippen LogP contribution in [0.25, 0.3) is 0 Å². The van der Waals surface area contributed by atoms with Crippen LogP contribution in [0.15, 0.2) is 48.5 Å². The molecule has 2 aromatic carbocycles. The van der Waals surface area contributed by atoms with Crippen molar-refractivity contribution in [1.29, 1.82) is 0 Å². The van der Waals surface area contributed by atoms with Gasteiger partial charge in [-0.3, -0.25) is 4.79 Å². The molecule has 0 saturated heterocycles. The highest BCUT2D eigenvalue weighted by Crippen LogP contribution is 2.42. The van der Waals surface area contributed by atoms with E-state index < -0.39 is 5.41 Å². The molecular formula is C18H17F2NO. The third-order valence-corrected chi connectivity index (χ3v) is 4.39. The number of nitrogens with one attached hydrogen (secondary N) is 1. The summed E-state index contributed by atoms with van der Waals surface area (Å²) in [5, 5.41) is 2.87. The third kappa shape index (κ3) is 2.73. The zero-order valence-corrected chi connectivity index (χ0v) is 12.1. The van der Waals surface area contributed by atoms with Crippen molar-refractivity contribution in [2.24, 2.45) is 0 Å². The standard InChI is InChI=1S/C18H17F2NO/c19-14-5-3-13(4-6-14)18(11-1-2-12-18)17(22)21-16-9-7-15(20)8-10-16/h3-10H,1-2,11-12H2,(H,21,22). The van der Waals surface area contributed by atoms with Gasteiger partial charge in [0.1, 0.15) is 11.6 Å². The zero-order valence-electron chi connectivity index (χ0n) is 12.1. The number of benzene rings is 2. The Morgan fingerprint density at radius 1 is 0.864 bits per heavy atom. The minimum Gasteiger partial charge on any atom is -0.325 e. The summed E-state index contributed by atoms with van der Waals surface area (Å²) in [7, 11) is 0. The molecule has 0 heterocycles. The summed E-state index contributed by atoms with van der Waals surface area (Å²) in [6.45, 7) is 0. The van der Waals surface area contributed by atoms with Crippen LogP contribution in [0.5, 0.6) is 0 Å². The van der Waals surface area contributed by atoms with E-state index in [1.165, 1.54) is 24.3 Å². The summed E-state index contributed by atoms with van der Waals surface area (Å²) in [5.41, 5.74) is 0.785. The van der Waals surface area contributed by atoms with E-state index in [-0.39, 0.29) is 17.5 Å². The molecule has 1 aliphatic carbocycles. The number of carbonyl (C=O) groups is 1. The molecule has 2 nitrogen and oxygen atoms in total. The summed E-state index contributed by atoms with van der Waals surface area (Å²) >= 11 is 0. The second-order valence-electron chi connectivity index (χ2n) is 5.76. The molecule has 1 fully saturated rings. The first-order valence-electron chi connectivity index (χ1n) is 7.43. The highest BCUT2D eigenvalue weighted by atomic mass is 19.1. The first-order chi connectivity index (χ1) is 10.6. The molecule has 3 rings (SSSR count). The Kier molecular flexibility index (Phi) is 3.92. The molecular weight excluding hydrogens is 284 g/mol. The molecule has 0 aromatic heterocycles. The molecule has 0 bridgehead atoms. The van der Waals surface area contributed by atoms with Crippen LogP contribution >= 0.6 is 0 Å². The predicted molar refractivity (Wildman–Crippen MR) is 81.6 cm³/mol. The molecule has 1 N–H and O–H groups in total. The highest BCUT2D eigenvalue weighted by molar-refractivity contribution is 5.99. The van der Waals surface area contributed by atoms with Gasteiger partial charge in [0, 0.05) is 5.69 Å². The van der Waals surface area contributed by atoms with Crippen LogP contribution in [-0.2, 0) is 10.2 Å². The van der Waals surface area contributed by atoms with Crippen LogP contribution in [0.2, 0.25) is 0 Å². The number of rotatable bonds is 3. The van der Waals surface area contributed by atoms with Crippen molar-refractivity contribution in [1.82, 2.24) is 0 Å². The lowest BCUT2D eigenvalue weighted by Gasteiger charge is -2.28. The van der Waals surface area contributed by atoms with Crippen molar-refractivity contribution in [3.8, 4) is 0 Å². The largest absolute Gasteiger partial charge is 0.325 e. The van der Waals surface area contributed by atoms with Crippen molar-refractivity contribution < 1.29 is 13.6 Å². The van der Waals surface area contributed by atoms with Crippen LogP contribution < -0.4 is 5.32 Å². The Labute approximate surface area is 128 Å². The predicted octanol–water partition coefficient (Wildman–Crippen LogP) is 4.42. The number of anilines is 1. The summed E-state index contributed by atoms with van der Waals surface area (Å²) < 4.78 is 26.1. The van der Waals surface area contributed by atoms with Crippen LogP contribution in [-0.4, -0.2) is 5.91 Å². The number of hydrogen-bond acceptors (Lipinski definition) is 1. The van der Waals surface area contributed by atoms with Gasteiger partial charge in [0.05, 0.1) is 5.41 Å². The SMILES string of the molecule is O=C(Nc1ccc(F)cc1)C1(c2ccc(F)cc2)CCCC1. The Balaban J connectivity index is 1.88. The number of hydrogen-bond donors (Lipinski definition) is 1. The van der Waals surface area contributed by atoms with E-state index >= 15 is 0 Å². The number of carbonyl (C=O) groups excluding carboxylic acids is 1. The average molecular weight is 301 g/mol. The summed E-state index contributed by atoms with van der Waals surface area (Å²) in [6, 6.07) is 11.9. The first kappa shape index (κ1) is 14.7. The summed E-state index contributed by atoms with van der Waals surface area (Å²) in [5.74, 6) is -0.758. The molecule has 2 aromatic rings. The van der Waals surface area contributed by atoms with Gasteiger partial charge in [-0.2, -0.15) is 0 Å². The van der Waals surface area contributed by atoms with Gasteiger partial charge in [-0.15, -0.1) is 0 Å². The average Bonchev–Trinajstić information content (AvgIpc) is 3.01. The Bertz CT molecular complexity index is 658. The molecule has 0 spiro atoms. The Morgan fingerprint density at radius 2 is 1.36 bits per heavy atom. The molecule has 4 heteroatoms. The summed E-state index contributed by atoms with van der Waals surface area (Å²) in [4.78, 5) is 12.8. The lowest BCUT2D eigenvalue weighted by atomic mass is 9.78. The zero-order chi connectivity index (χ0) is 15.6. The van der Waals surface area contributed by atoms with Gasteiger partial charge < -0.3 is 5.32 Å². The van der Waals surface area contributed by atoms with Crippen molar-refractivity contribution in [3.63, 3.8) is 0 Å². The maximum atomic E-state index is 13.1. The van der Waals surface area contributed by atoms with Crippen molar-refractivity contribution in [2.45, 2.75) is 31.1 Å². The van der Waals surface area contributed by atoms with E-state index in [4.69, 9.17) is 0 Å². The van der Waals surface area contributed by atoms with Crippen LogP contribution in [0, 0.1) is 11.6 Å². The smallest absolute Gasteiger partial charge is 0.235 e. The number of halogens is 2. The molecule has 0 atom stereocenters. The van der Waals surface area contributed by atoms with E-state index in [1.54, 1.807) is 24.3 Å². The first-order valence-corrected chi connectivity index (χ1v) is 7.43. The van der Waals surface area contributed by atoms with Crippen LogP contribution in [0.1, 0.15) is 31.2 Å². The van der Waals surface area contributed by atoms with Crippen molar-refractivity contribution >= 4 is 11.6 Å². The minimum atomic E-state index is -0.623. The van der Waals surface area contributed by atoms with Gasteiger partial charge in [0.15, 0.2) is 0 Å².